The normalized spacial score (nSPS) is 13.2. The Kier molecular flexibility index (Phi) is 19.9. The van der Waals surface area contributed by atoms with Crippen LogP contribution in [0, 0.1) is 0 Å². The van der Waals surface area contributed by atoms with Crippen LogP contribution in [0.1, 0.15) is 159 Å². The maximum Gasteiger partial charge on any atom is 0.328 e. The first-order valence-electron chi connectivity index (χ1n) is 19.5. The molecule has 0 saturated carbocycles. The van der Waals surface area contributed by atoms with Crippen molar-refractivity contribution in [3.63, 3.8) is 0 Å². The Balaban J connectivity index is 1.48. The number of carbonyl (C=O) groups excluding carboxylic acids is 3. The van der Waals surface area contributed by atoms with Crippen LogP contribution in [0.15, 0.2) is 54.1 Å². The van der Waals surface area contributed by atoms with Gasteiger partial charge in [0.1, 0.15) is 5.57 Å². The van der Waals surface area contributed by atoms with E-state index < -0.39 is 17.8 Å². The summed E-state index contributed by atoms with van der Waals surface area (Å²) in [5.74, 6) is -1.38. The number of amides is 4. The summed E-state index contributed by atoms with van der Waals surface area (Å²) in [6.45, 7) is 6.83. The smallest absolute Gasteiger partial charge is 0.328 e. The van der Waals surface area contributed by atoms with E-state index in [0.717, 1.165) is 24.2 Å². The largest absolute Gasteiger partial charge is 0.372 e. The minimum atomic E-state index is -0.795. The molecule has 268 valence electrons. The van der Waals surface area contributed by atoms with Gasteiger partial charge in [-0.1, -0.05) is 178 Å². The highest BCUT2D eigenvalue weighted by Crippen LogP contribution is 2.21. The Morgan fingerprint density at radius 3 is 1.22 bits per heavy atom. The first kappa shape index (κ1) is 39.8. The quantitative estimate of drug-likeness (QED) is 0.0452. The molecule has 0 aromatic heterocycles. The minimum Gasteiger partial charge on any atom is -0.372 e. The van der Waals surface area contributed by atoms with Crippen molar-refractivity contribution in [3.8, 4) is 0 Å². The van der Waals surface area contributed by atoms with E-state index in [1.165, 1.54) is 140 Å². The van der Waals surface area contributed by atoms with Gasteiger partial charge < -0.3 is 4.90 Å². The van der Waals surface area contributed by atoms with Gasteiger partial charge in [-0.3, -0.25) is 20.2 Å². The standard InChI is InChI=1S/C43H63N3O3/c1-3-5-7-9-11-13-15-17-19-21-33-46(34-22-20-18-16-14-12-10-8-6-4-2)39-31-29-37(30-32-39)24-23-36-25-27-38(28-26-36)35-40-41(47)44-43(49)45-42(40)48/h23-32,35H,3-22,33-34H2,1-2H3,(H2,44,45,47,48,49)/b24-23+. The lowest BCUT2D eigenvalue weighted by Crippen LogP contribution is -2.51. The fraction of sp³-hybridized carbons (Fsp3) is 0.558. The summed E-state index contributed by atoms with van der Waals surface area (Å²) in [5, 5.41) is 4.20. The molecule has 6 nitrogen and oxygen atoms in total. The van der Waals surface area contributed by atoms with Gasteiger partial charge in [0.2, 0.25) is 0 Å². The van der Waals surface area contributed by atoms with Gasteiger partial charge >= 0.3 is 6.03 Å². The molecule has 0 unspecified atom stereocenters. The average molecular weight is 670 g/mol. The van der Waals surface area contributed by atoms with E-state index in [2.05, 4.69) is 65.8 Å². The Labute approximate surface area is 297 Å². The number of nitrogens with zero attached hydrogens (tertiary/aromatic N) is 1. The lowest BCUT2D eigenvalue weighted by molar-refractivity contribution is -0.123. The predicted octanol–water partition coefficient (Wildman–Crippen LogP) is 11.3. The van der Waals surface area contributed by atoms with Crippen molar-refractivity contribution in [1.82, 2.24) is 10.6 Å². The second-order valence-electron chi connectivity index (χ2n) is 13.7. The van der Waals surface area contributed by atoms with E-state index in [4.69, 9.17) is 0 Å². The van der Waals surface area contributed by atoms with Crippen LogP contribution in [0.2, 0.25) is 0 Å². The molecule has 1 aliphatic heterocycles. The maximum absolute atomic E-state index is 12.0. The maximum atomic E-state index is 12.0. The van der Waals surface area contributed by atoms with E-state index in [9.17, 15) is 14.4 Å². The number of rotatable bonds is 26. The van der Waals surface area contributed by atoms with Crippen molar-refractivity contribution in [2.24, 2.45) is 0 Å². The third-order valence-electron chi connectivity index (χ3n) is 9.48. The number of urea groups is 1. The van der Waals surface area contributed by atoms with Gasteiger partial charge in [-0.15, -0.1) is 0 Å². The molecule has 2 aromatic rings. The van der Waals surface area contributed by atoms with E-state index in [0.29, 0.717) is 5.56 Å². The molecule has 6 heteroatoms. The monoisotopic (exact) mass is 669 g/mol. The van der Waals surface area contributed by atoms with Crippen LogP contribution in [-0.4, -0.2) is 30.9 Å². The molecule has 0 bridgehead atoms. The van der Waals surface area contributed by atoms with Crippen LogP contribution in [-0.2, 0) is 9.59 Å². The van der Waals surface area contributed by atoms with Gasteiger partial charge in [-0.25, -0.2) is 4.79 Å². The topological polar surface area (TPSA) is 78.5 Å². The van der Waals surface area contributed by atoms with Gasteiger partial charge in [-0.2, -0.15) is 0 Å². The van der Waals surface area contributed by atoms with E-state index >= 15 is 0 Å². The molecule has 1 aliphatic rings. The summed E-state index contributed by atoms with van der Waals surface area (Å²) < 4.78 is 0. The number of carbonyl (C=O) groups is 3. The van der Waals surface area contributed by atoms with E-state index in [1.54, 1.807) is 0 Å². The lowest BCUT2D eigenvalue weighted by atomic mass is 10.1. The summed E-state index contributed by atoms with van der Waals surface area (Å²) >= 11 is 0. The Morgan fingerprint density at radius 2 is 0.816 bits per heavy atom. The van der Waals surface area contributed by atoms with Crippen LogP contribution in [0.25, 0.3) is 18.2 Å². The third kappa shape index (κ3) is 16.5. The fourth-order valence-electron chi connectivity index (χ4n) is 6.42. The van der Waals surface area contributed by atoms with Crippen molar-refractivity contribution in [3.05, 3.63) is 70.8 Å². The van der Waals surface area contributed by atoms with Crippen LogP contribution >= 0.6 is 0 Å². The molecule has 1 fully saturated rings. The Morgan fingerprint density at radius 1 is 0.469 bits per heavy atom. The first-order chi connectivity index (χ1) is 24.0. The molecule has 2 aromatic carbocycles. The number of benzene rings is 2. The summed E-state index contributed by atoms with van der Waals surface area (Å²) in [4.78, 5) is 37.9. The van der Waals surface area contributed by atoms with Crippen molar-refractivity contribution in [2.75, 3.05) is 18.0 Å². The molecular weight excluding hydrogens is 606 g/mol. The zero-order chi connectivity index (χ0) is 34.9. The number of imide groups is 2. The molecule has 0 atom stereocenters. The second-order valence-corrected chi connectivity index (χ2v) is 13.7. The SMILES string of the molecule is CCCCCCCCCCCCN(CCCCCCCCCCCC)c1ccc(/C=C/c2ccc(C=C3C(=O)NC(=O)NC3=O)cc2)cc1. The molecule has 2 N–H and O–H groups in total. The van der Waals surface area contributed by atoms with Crippen LogP contribution in [0.4, 0.5) is 10.5 Å². The summed E-state index contributed by atoms with van der Waals surface area (Å²) in [7, 11) is 0. The Bertz CT molecular complexity index is 1250. The summed E-state index contributed by atoms with van der Waals surface area (Å²) in [6.07, 6.45) is 32.9. The highest BCUT2D eigenvalue weighted by molar-refractivity contribution is 6.31. The van der Waals surface area contributed by atoms with Gasteiger partial charge in [0.25, 0.3) is 11.8 Å². The number of hydrogen-bond donors (Lipinski definition) is 2. The summed E-state index contributed by atoms with van der Waals surface area (Å²) in [6, 6.07) is 15.8. The third-order valence-corrected chi connectivity index (χ3v) is 9.48. The van der Waals surface area contributed by atoms with E-state index in [1.807, 2.05) is 24.3 Å². The number of unbranched alkanes of at least 4 members (excludes halogenated alkanes) is 18. The van der Waals surface area contributed by atoms with E-state index in [-0.39, 0.29) is 5.57 Å². The molecule has 1 saturated heterocycles. The Hall–Kier alpha value is -3.67. The van der Waals surface area contributed by atoms with Crippen molar-refractivity contribution >= 4 is 41.8 Å². The molecule has 4 amide bonds. The number of nitrogens with one attached hydrogen (secondary N) is 2. The molecule has 1 heterocycles. The molecule has 0 aliphatic carbocycles. The highest BCUT2D eigenvalue weighted by Gasteiger charge is 2.27. The summed E-state index contributed by atoms with van der Waals surface area (Å²) in [5.41, 5.74) is 4.11. The highest BCUT2D eigenvalue weighted by atomic mass is 16.2. The van der Waals surface area contributed by atoms with Crippen LogP contribution in [0.3, 0.4) is 0 Å². The molecule has 0 spiro atoms. The average Bonchev–Trinajstić information content (AvgIpc) is 3.10. The number of anilines is 1. The van der Waals surface area contributed by atoms with Crippen molar-refractivity contribution < 1.29 is 14.4 Å². The molecule has 49 heavy (non-hydrogen) atoms. The fourth-order valence-corrected chi connectivity index (χ4v) is 6.42. The van der Waals surface area contributed by atoms with Gasteiger partial charge in [-0.05, 0) is 47.7 Å². The predicted molar refractivity (Wildman–Crippen MR) is 207 cm³/mol. The zero-order valence-electron chi connectivity index (χ0n) is 30.6. The molecule has 0 radical (unpaired) electrons. The van der Waals surface area contributed by atoms with Crippen molar-refractivity contribution in [1.29, 1.82) is 0 Å². The van der Waals surface area contributed by atoms with Gasteiger partial charge in [0.05, 0.1) is 0 Å². The molecular formula is C43H63N3O3. The first-order valence-corrected chi connectivity index (χ1v) is 19.5. The van der Waals surface area contributed by atoms with Crippen LogP contribution in [0.5, 0.6) is 0 Å². The van der Waals surface area contributed by atoms with Gasteiger partial charge in [0, 0.05) is 18.8 Å². The van der Waals surface area contributed by atoms with Gasteiger partial charge in [0.15, 0.2) is 0 Å². The number of barbiturate groups is 1. The lowest BCUT2D eigenvalue weighted by Gasteiger charge is -2.25. The zero-order valence-corrected chi connectivity index (χ0v) is 30.6. The van der Waals surface area contributed by atoms with Crippen molar-refractivity contribution in [2.45, 2.75) is 142 Å². The minimum absolute atomic E-state index is 0.0849. The number of hydrogen-bond acceptors (Lipinski definition) is 4. The second kappa shape index (κ2) is 24.5. The van der Waals surface area contributed by atoms with Crippen LogP contribution < -0.4 is 15.5 Å². The molecule has 3 rings (SSSR count).